The van der Waals surface area contributed by atoms with Gasteiger partial charge >= 0.3 is 0 Å². The first kappa shape index (κ1) is 15.5. The minimum absolute atomic E-state index is 0.0458. The van der Waals surface area contributed by atoms with Crippen molar-refractivity contribution < 1.29 is 0 Å². The van der Waals surface area contributed by atoms with Gasteiger partial charge in [0.2, 0.25) is 0 Å². The van der Waals surface area contributed by atoms with E-state index in [1.54, 1.807) is 6.07 Å². The Morgan fingerprint density at radius 3 is 2.67 bits per heavy atom. The van der Waals surface area contributed by atoms with Gasteiger partial charge in [0.25, 0.3) is 0 Å². The zero-order valence-electron chi connectivity index (χ0n) is 12.0. The van der Waals surface area contributed by atoms with Crippen LogP contribution in [0.2, 0.25) is 5.02 Å². The largest absolute Gasteiger partial charge is 0.329 e. The van der Waals surface area contributed by atoms with Gasteiger partial charge in [0.1, 0.15) is 0 Å². The molecule has 0 bridgehead atoms. The Labute approximate surface area is 130 Å². The standard InChI is InChI=1S/C17H18ClN3/c1-21(12-14-6-4-5-13(9-14)10-19)17(11-20)15-7-2-3-8-16(15)18/h2-9,17H,11-12,20H2,1H3. The molecule has 1 atom stereocenters. The molecule has 3 nitrogen and oxygen atoms in total. The molecule has 2 aromatic carbocycles. The molecule has 0 amide bonds. The Morgan fingerprint density at radius 2 is 2.00 bits per heavy atom. The number of hydrogen-bond donors (Lipinski definition) is 1. The highest BCUT2D eigenvalue weighted by Gasteiger charge is 2.18. The molecule has 1 unspecified atom stereocenters. The van der Waals surface area contributed by atoms with Crippen molar-refractivity contribution >= 4 is 11.6 Å². The van der Waals surface area contributed by atoms with Gasteiger partial charge in [-0.1, -0.05) is 41.9 Å². The van der Waals surface area contributed by atoms with Crippen molar-refractivity contribution in [3.63, 3.8) is 0 Å². The predicted octanol–water partition coefficient (Wildman–Crippen LogP) is 3.34. The normalized spacial score (nSPS) is 12.1. The van der Waals surface area contributed by atoms with E-state index in [0.717, 1.165) is 16.1 Å². The highest BCUT2D eigenvalue weighted by molar-refractivity contribution is 6.31. The van der Waals surface area contributed by atoms with Crippen molar-refractivity contribution in [1.29, 1.82) is 5.26 Å². The molecule has 21 heavy (non-hydrogen) atoms. The van der Waals surface area contributed by atoms with Crippen LogP contribution in [0.3, 0.4) is 0 Å². The lowest BCUT2D eigenvalue weighted by Crippen LogP contribution is -2.30. The Balaban J connectivity index is 2.19. The van der Waals surface area contributed by atoms with Crippen LogP contribution >= 0.6 is 11.6 Å². The van der Waals surface area contributed by atoms with Gasteiger partial charge in [-0.05, 0) is 36.4 Å². The van der Waals surface area contributed by atoms with Gasteiger partial charge in [0.15, 0.2) is 0 Å². The van der Waals surface area contributed by atoms with E-state index >= 15 is 0 Å². The number of nitrogens with two attached hydrogens (primary N) is 1. The molecule has 0 aliphatic rings. The quantitative estimate of drug-likeness (QED) is 0.921. The van der Waals surface area contributed by atoms with Crippen molar-refractivity contribution in [1.82, 2.24) is 4.90 Å². The molecule has 2 N–H and O–H groups in total. The first-order valence-corrected chi connectivity index (χ1v) is 7.17. The second-order valence-corrected chi connectivity index (χ2v) is 5.41. The number of likely N-dealkylation sites (N-methyl/N-ethyl adjacent to an activating group) is 1. The summed E-state index contributed by atoms with van der Waals surface area (Å²) in [4.78, 5) is 2.15. The van der Waals surface area contributed by atoms with Gasteiger partial charge in [0.05, 0.1) is 11.6 Å². The summed E-state index contributed by atoms with van der Waals surface area (Å²) in [5, 5.41) is 9.69. The second-order valence-electron chi connectivity index (χ2n) is 5.00. The molecule has 2 aromatic rings. The SMILES string of the molecule is CN(Cc1cccc(C#N)c1)C(CN)c1ccccc1Cl. The Hall–Kier alpha value is -1.86. The molecule has 0 aromatic heterocycles. The molecule has 4 heteroatoms. The van der Waals surface area contributed by atoms with Gasteiger partial charge in [0, 0.05) is 24.2 Å². The number of nitrogens with zero attached hydrogens (tertiary/aromatic N) is 2. The van der Waals surface area contributed by atoms with Gasteiger partial charge in [-0.25, -0.2) is 0 Å². The van der Waals surface area contributed by atoms with Crippen molar-refractivity contribution in [2.45, 2.75) is 12.6 Å². The molecule has 0 fully saturated rings. The number of nitriles is 1. The molecule has 0 heterocycles. The zero-order valence-corrected chi connectivity index (χ0v) is 12.7. The van der Waals surface area contributed by atoms with E-state index in [9.17, 15) is 0 Å². The minimum Gasteiger partial charge on any atom is -0.329 e. The number of hydrogen-bond acceptors (Lipinski definition) is 3. The van der Waals surface area contributed by atoms with E-state index in [1.807, 2.05) is 49.5 Å². The third kappa shape index (κ3) is 3.83. The first-order valence-electron chi connectivity index (χ1n) is 6.79. The highest BCUT2D eigenvalue weighted by Crippen LogP contribution is 2.27. The second kappa shape index (κ2) is 7.24. The summed E-state index contributed by atoms with van der Waals surface area (Å²) in [6.07, 6.45) is 0. The fourth-order valence-electron chi connectivity index (χ4n) is 2.43. The van der Waals surface area contributed by atoms with E-state index in [-0.39, 0.29) is 6.04 Å². The topological polar surface area (TPSA) is 53.0 Å². The van der Waals surface area contributed by atoms with Gasteiger partial charge in [-0.2, -0.15) is 5.26 Å². The van der Waals surface area contributed by atoms with Crippen molar-refractivity contribution in [2.75, 3.05) is 13.6 Å². The fourth-order valence-corrected chi connectivity index (χ4v) is 2.69. The monoisotopic (exact) mass is 299 g/mol. The van der Waals surface area contributed by atoms with Crippen molar-refractivity contribution in [2.24, 2.45) is 5.73 Å². The maximum absolute atomic E-state index is 8.96. The Morgan fingerprint density at radius 1 is 1.24 bits per heavy atom. The molecule has 0 radical (unpaired) electrons. The van der Waals surface area contributed by atoms with Crippen LogP contribution in [-0.4, -0.2) is 18.5 Å². The number of benzene rings is 2. The van der Waals surface area contributed by atoms with E-state index in [4.69, 9.17) is 22.6 Å². The maximum atomic E-state index is 8.96. The van der Waals surface area contributed by atoms with Gasteiger partial charge in [-0.15, -0.1) is 0 Å². The molecule has 2 rings (SSSR count). The smallest absolute Gasteiger partial charge is 0.0991 e. The molecule has 0 saturated heterocycles. The fraction of sp³-hybridized carbons (Fsp3) is 0.235. The highest BCUT2D eigenvalue weighted by atomic mass is 35.5. The molecule has 0 aliphatic carbocycles. The average Bonchev–Trinajstić information content (AvgIpc) is 2.50. The van der Waals surface area contributed by atoms with Crippen LogP contribution in [-0.2, 0) is 6.54 Å². The average molecular weight is 300 g/mol. The third-order valence-electron chi connectivity index (χ3n) is 3.51. The van der Waals surface area contributed by atoms with Crippen LogP contribution in [0.1, 0.15) is 22.7 Å². The lowest BCUT2D eigenvalue weighted by Gasteiger charge is -2.28. The summed E-state index contributed by atoms with van der Waals surface area (Å²) in [6, 6.07) is 17.6. The molecule has 0 spiro atoms. The number of rotatable bonds is 5. The summed E-state index contributed by atoms with van der Waals surface area (Å²) < 4.78 is 0. The first-order chi connectivity index (χ1) is 10.2. The minimum atomic E-state index is 0.0458. The van der Waals surface area contributed by atoms with E-state index in [1.165, 1.54) is 0 Å². The number of halogens is 1. The molecule has 0 saturated carbocycles. The van der Waals surface area contributed by atoms with E-state index in [2.05, 4.69) is 11.0 Å². The van der Waals surface area contributed by atoms with Gasteiger partial charge < -0.3 is 5.73 Å². The van der Waals surface area contributed by atoms with Crippen LogP contribution in [0.15, 0.2) is 48.5 Å². The predicted molar refractivity (Wildman–Crippen MR) is 85.9 cm³/mol. The molecular weight excluding hydrogens is 282 g/mol. The van der Waals surface area contributed by atoms with Crippen molar-refractivity contribution in [3.05, 3.63) is 70.2 Å². The van der Waals surface area contributed by atoms with Crippen LogP contribution in [0, 0.1) is 11.3 Å². The van der Waals surface area contributed by atoms with Crippen LogP contribution < -0.4 is 5.73 Å². The van der Waals surface area contributed by atoms with Gasteiger partial charge in [-0.3, -0.25) is 4.90 Å². The Bertz CT molecular complexity index is 648. The molecular formula is C17H18ClN3. The summed E-state index contributed by atoms with van der Waals surface area (Å²) in [6.45, 7) is 1.20. The van der Waals surface area contributed by atoms with E-state index < -0.39 is 0 Å². The van der Waals surface area contributed by atoms with Crippen LogP contribution in [0.25, 0.3) is 0 Å². The molecule has 0 aliphatic heterocycles. The van der Waals surface area contributed by atoms with Crippen molar-refractivity contribution in [3.8, 4) is 6.07 Å². The lowest BCUT2D eigenvalue weighted by molar-refractivity contribution is 0.242. The summed E-state index contributed by atoms with van der Waals surface area (Å²) >= 11 is 6.27. The summed E-state index contributed by atoms with van der Waals surface area (Å²) in [5.74, 6) is 0. The van der Waals surface area contributed by atoms with Crippen LogP contribution in [0.4, 0.5) is 0 Å². The lowest BCUT2D eigenvalue weighted by atomic mass is 10.0. The zero-order chi connectivity index (χ0) is 15.2. The maximum Gasteiger partial charge on any atom is 0.0991 e. The third-order valence-corrected chi connectivity index (χ3v) is 3.85. The summed E-state index contributed by atoms with van der Waals surface area (Å²) in [7, 11) is 2.01. The van der Waals surface area contributed by atoms with Crippen LogP contribution in [0.5, 0.6) is 0 Å². The summed E-state index contributed by atoms with van der Waals surface area (Å²) in [5.41, 5.74) is 8.71. The molecule has 108 valence electrons. The Kier molecular flexibility index (Phi) is 5.35. The van der Waals surface area contributed by atoms with E-state index in [0.29, 0.717) is 18.7 Å².